The van der Waals surface area contributed by atoms with Gasteiger partial charge in [-0.25, -0.2) is 54.3 Å². The highest BCUT2D eigenvalue weighted by Gasteiger charge is 2.33. The molecule has 0 aliphatic rings. The Hall–Kier alpha value is -8.47. The van der Waals surface area contributed by atoms with Gasteiger partial charge >= 0.3 is 18.3 Å². The predicted molar refractivity (Wildman–Crippen MR) is 271 cm³/mol. The van der Waals surface area contributed by atoms with Gasteiger partial charge in [-0.05, 0) is 140 Å². The van der Waals surface area contributed by atoms with Crippen molar-refractivity contribution in [1.29, 1.82) is 0 Å². The van der Waals surface area contributed by atoms with E-state index in [0.29, 0.717) is 38.2 Å². The molecule has 0 aliphatic carbocycles. The van der Waals surface area contributed by atoms with Gasteiger partial charge in [-0.3, -0.25) is 28.2 Å². The van der Waals surface area contributed by atoms with E-state index in [9.17, 15) is 70.3 Å². The van der Waals surface area contributed by atoms with Crippen molar-refractivity contribution in [3.63, 3.8) is 0 Å². The summed E-state index contributed by atoms with van der Waals surface area (Å²) in [6, 6.07) is 24.3. The number of carboxylic acid groups (broad SMARTS) is 1. The largest absolute Gasteiger partial charge is 0.480 e. The Morgan fingerprint density at radius 2 is 0.863 bits per heavy atom. The molecule has 0 saturated carbocycles. The van der Waals surface area contributed by atoms with Crippen LogP contribution in [-0.4, -0.2) is 76.7 Å². The molecule has 3 N–H and O–H groups in total. The van der Waals surface area contributed by atoms with Crippen molar-refractivity contribution in [1.82, 2.24) is 29.9 Å². The number of carboxylic acids is 1. The van der Waals surface area contributed by atoms with Gasteiger partial charge in [-0.15, -0.1) is 12.4 Å². The van der Waals surface area contributed by atoms with Crippen molar-refractivity contribution in [3.05, 3.63) is 205 Å². The number of Topliss-reactive ketones (excluding diaryl/α,β-unsaturated/α-hetero) is 1. The van der Waals surface area contributed by atoms with Crippen molar-refractivity contribution in [3.8, 4) is 22.5 Å². The molecule has 0 aliphatic heterocycles. The monoisotopic (exact) mass is 1180 g/mol. The molecule has 4 heterocycles. The van der Waals surface area contributed by atoms with Crippen molar-refractivity contribution in [2.75, 3.05) is 21.7 Å². The van der Waals surface area contributed by atoms with E-state index >= 15 is 0 Å². The Morgan fingerprint density at radius 3 is 1.21 bits per heavy atom. The van der Waals surface area contributed by atoms with E-state index in [1.54, 1.807) is 6.07 Å². The molecule has 29 heteroatoms. The molecule has 16 nitrogen and oxygen atoms in total. The second-order valence-electron chi connectivity index (χ2n) is 16.2. The normalized spacial score (nSPS) is 11.4. The van der Waals surface area contributed by atoms with E-state index in [4.69, 9.17) is 10.8 Å². The van der Waals surface area contributed by atoms with Gasteiger partial charge in [-0.1, -0.05) is 0 Å². The smallest absolute Gasteiger partial charge is 0.433 e. The minimum atomic E-state index is -4.58. The number of hydrogen-bond donors (Lipinski definition) is 2. The molecule has 0 spiro atoms. The number of aryl methyl sites for hydroxylation is 1. The van der Waals surface area contributed by atoms with Gasteiger partial charge in [0.2, 0.25) is 0 Å². The average Bonchev–Trinajstić information content (AvgIpc) is 3.42. The zero-order chi connectivity index (χ0) is 57.7. The highest BCUT2D eigenvalue weighted by atomic mass is 35.5. The van der Waals surface area contributed by atoms with Crippen LogP contribution in [0.15, 0.2) is 168 Å². The third kappa shape index (κ3) is 17.0. The highest BCUT2D eigenvalue weighted by molar-refractivity contribution is 7.93. The van der Waals surface area contributed by atoms with Gasteiger partial charge in [0.05, 0.1) is 44.8 Å². The number of pyridine rings is 2. The number of hydrogen-bond acceptors (Lipinski definition) is 13. The lowest BCUT2D eigenvalue weighted by Gasteiger charge is -2.24. The molecule has 8 aromatic rings. The van der Waals surface area contributed by atoms with E-state index < -0.39 is 91.9 Å². The Kier molecular flexibility index (Phi) is 21.0. The lowest BCUT2D eigenvalue weighted by atomic mass is 10.1. The predicted octanol–water partition coefficient (Wildman–Crippen LogP) is 9.92. The standard InChI is InChI=1S/C26H19F5N4O3S.C14H11F2NO4S.C11H9F3N4.ClH/c27-18-2-7-21(8-3-18)35(39(37,38)23-10-4-19(28)5-11-23)15-22(36)9-6-20-13-24(34-16-33-20)17-1-12-25(32-14-17)26(29,30)31;15-10-1-5-12(6-2-10)17(9-14(18)19)22(20,21)13-7-3-11(16)4-8-13;12-11(13,14)10-2-1-7(5-16-10)9-3-8(4-15)17-6-18-9;/h1-5,7-8,10-14,16H,6,9,15H2;1-8H,9H2,(H,18,19);1-3,5-6H,4,15H2;1H. The summed E-state index contributed by atoms with van der Waals surface area (Å²) in [5.41, 5.74) is 6.06. The Labute approximate surface area is 455 Å². The van der Waals surface area contributed by atoms with Crippen molar-refractivity contribution < 1.29 is 75.4 Å². The van der Waals surface area contributed by atoms with Crippen LogP contribution in [0, 0.1) is 23.3 Å². The molecule has 0 saturated heterocycles. The molecule has 80 heavy (non-hydrogen) atoms. The molecule has 0 radical (unpaired) electrons. The lowest BCUT2D eigenvalue weighted by molar-refractivity contribution is -0.141. The van der Waals surface area contributed by atoms with Crippen molar-refractivity contribution >= 4 is 55.6 Å². The van der Waals surface area contributed by atoms with Crippen LogP contribution in [0.1, 0.15) is 29.2 Å². The first-order valence-corrected chi connectivity index (χ1v) is 25.3. The summed E-state index contributed by atoms with van der Waals surface area (Å²) in [6.45, 7) is -1.19. The van der Waals surface area contributed by atoms with Crippen LogP contribution >= 0.6 is 12.4 Å². The minimum Gasteiger partial charge on any atom is -0.480 e. The topological polar surface area (TPSA) is 232 Å². The number of carbonyl (C=O) groups is 2. The van der Waals surface area contributed by atoms with Gasteiger partial charge < -0.3 is 10.8 Å². The molecular formula is C51H40ClF10N9O7S2. The molecule has 0 atom stereocenters. The van der Waals surface area contributed by atoms with E-state index in [0.717, 1.165) is 114 Å². The van der Waals surface area contributed by atoms with Crippen molar-refractivity contribution in [2.24, 2.45) is 5.73 Å². The Morgan fingerprint density at radius 1 is 0.500 bits per heavy atom. The average molecular weight is 1180 g/mol. The van der Waals surface area contributed by atoms with Gasteiger partial charge in [0.25, 0.3) is 20.0 Å². The fourth-order valence-electron chi connectivity index (χ4n) is 6.73. The second-order valence-corrected chi connectivity index (χ2v) is 19.9. The summed E-state index contributed by atoms with van der Waals surface area (Å²) >= 11 is 0. The summed E-state index contributed by atoms with van der Waals surface area (Å²) in [7, 11) is -8.52. The van der Waals surface area contributed by atoms with Crippen LogP contribution in [0.4, 0.5) is 55.3 Å². The van der Waals surface area contributed by atoms with E-state index in [1.165, 1.54) is 43.0 Å². The third-order valence-corrected chi connectivity index (χ3v) is 14.2. The number of rotatable bonds is 16. The molecule has 0 bridgehead atoms. The molecule has 420 valence electrons. The molecule has 0 fully saturated rings. The first kappa shape index (κ1) is 62.4. The number of carbonyl (C=O) groups excluding carboxylic acids is 1. The van der Waals surface area contributed by atoms with Gasteiger partial charge in [0, 0.05) is 42.2 Å². The zero-order valence-corrected chi connectivity index (χ0v) is 43.1. The highest BCUT2D eigenvalue weighted by Crippen LogP contribution is 2.31. The maximum Gasteiger partial charge on any atom is 0.433 e. The van der Waals surface area contributed by atoms with Crippen LogP contribution in [0.5, 0.6) is 0 Å². The van der Waals surface area contributed by atoms with E-state index in [-0.39, 0.29) is 53.0 Å². The fraction of sp³-hybridized carbons (Fsp3) is 0.137. The summed E-state index contributed by atoms with van der Waals surface area (Å²) in [5, 5.41) is 8.91. The molecule has 8 rings (SSSR count). The number of anilines is 2. The van der Waals surface area contributed by atoms with E-state index in [2.05, 4.69) is 29.9 Å². The Balaban J connectivity index is 0.000000242. The molecule has 0 amide bonds. The third-order valence-electron chi connectivity index (χ3n) is 10.6. The second kappa shape index (κ2) is 26.9. The summed E-state index contributed by atoms with van der Waals surface area (Å²) in [6.07, 6.45) is -4.42. The van der Waals surface area contributed by atoms with Crippen LogP contribution in [0.2, 0.25) is 0 Å². The molecule has 4 aromatic heterocycles. The van der Waals surface area contributed by atoms with Crippen molar-refractivity contribution in [2.45, 2.75) is 41.5 Å². The first-order valence-electron chi connectivity index (χ1n) is 22.4. The number of sulfonamides is 2. The first-order chi connectivity index (χ1) is 37.2. The molecule has 4 aromatic carbocycles. The van der Waals surface area contributed by atoms with Gasteiger partial charge in [-0.2, -0.15) is 26.3 Å². The fourth-order valence-corrected chi connectivity index (χ4v) is 9.59. The minimum absolute atomic E-state index is 0. The number of aromatic nitrogens is 6. The number of ketones is 1. The van der Waals surface area contributed by atoms with Crippen LogP contribution in [0.3, 0.4) is 0 Å². The summed E-state index contributed by atoms with van der Waals surface area (Å²) < 4.78 is 181. The molecule has 0 unspecified atom stereocenters. The number of benzene rings is 4. The maximum atomic E-state index is 13.5. The van der Waals surface area contributed by atoms with Gasteiger partial charge in [0.1, 0.15) is 53.9 Å². The van der Waals surface area contributed by atoms with E-state index in [1.807, 2.05) is 0 Å². The summed E-state index contributed by atoms with van der Waals surface area (Å²) in [5.74, 6) is -4.33. The number of nitrogens with zero attached hydrogens (tertiary/aromatic N) is 8. The Bertz CT molecular complexity index is 3600. The lowest BCUT2D eigenvalue weighted by Crippen LogP contribution is -2.36. The zero-order valence-electron chi connectivity index (χ0n) is 40.6. The SMILES string of the molecule is Cl.NCc1cc(-c2ccc(C(F)(F)F)nc2)ncn1.O=C(CCc1cc(-c2ccc(C(F)(F)F)nc2)ncn1)CN(c1ccc(F)cc1)S(=O)(=O)c1ccc(F)cc1.O=C(O)CN(c1ccc(F)cc1)S(=O)(=O)c1ccc(F)cc1. The number of aliphatic carboxylic acids is 1. The number of alkyl halides is 6. The quantitative estimate of drug-likeness (QED) is 0.0858. The summed E-state index contributed by atoms with van der Waals surface area (Å²) in [4.78, 5) is 46.0. The van der Waals surface area contributed by atoms with Crippen LogP contribution in [0.25, 0.3) is 22.5 Å². The maximum absolute atomic E-state index is 13.5. The molecular weight excluding hydrogens is 1140 g/mol. The number of halogens is 11. The van der Waals surface area contributed by atoms with Crippen LogP contribution < -0.4 is 14.3 Å². The van der Waals surface area contributed by atoms with Gasteiger partial charge in [0.15, 0.2) is 5.78 Å². The number of nitrogens with two attached hydrogens (primary N) is 1. The van der Waals surface area contributed by atoms with Crippen LogP contribution in [-0.2, 0) is 55.0 Å².